The lowest BCUT2D eigenvalue weighted by molar-refractivity contribution is -0.147. The summed E-state index contributed by atoms with van der Waals surface area (Å²) in [6.07, 6.45) is 5.88. The van der Waals surface area contributed by atoms with Gasteiger partial charge in [-0.2, -0.15) is 0 Å². The van der Waals surface area contributed by atoms with E-state index in [4.69, 9.17) is 0 Å². The maximum absolute atomic E-state index is 12.8. The van der Waals surface area contributed by atoms with Crippen molar-refractivity contribution in [3.8, 4) is 0 Å². The number of hydrogen-bond donors (Lipinski definition) is 0. The minimum absolute atomic E-state index is 0.128. The van der Waals surface area contributed by atoms with Gasteiger partial charge in [0.05, 0.1) is 11.8 Å². The van der Waals surface area contributed by atoms with Gasteiger partial charge in [0.15, 0.2) is 0 Å². The highest BCUT2D eigenvalue weighted by molar-refractivity contribution is 6.08. The Morgan fingerprint density at radius 2 is 1.69 bits per heavy atom. The van der Waals surface area contributed by atoms with Crippen LogP contribution in [0, 0.1) is 23.7 Å². The highest BCUT2D eigenvalue weighted by Gasteiger charge is 2.59. The van der Waals surface area contributed by atoms with Gasteiger partial charge in [0.1, 0.15) is 6.54 Å². The molecule has 3 amide bonds. The van der Waals surface area contributed by atoms with Gasteiger partial charge in [-0.25, -0.2) is 0 Å². The van der Waals surface area contributed by atoms with E-state index in [2.05, 4.69) is 12.2 Å². The third kappa shape index (κ3) is 2.75. The number of benzene rings is 1. The minimum atomic E-state index is -0.237. The molecule has 4 atom stereocenters. The zero-order chi connectivity index (χ0) is 18.3. The van der Waals surface area contributed by atoms with E-state index in [9.17, 15) is 14.4 Å². The summed E-state index contributed by atoms with van der Waals surface area (Å²) in [5.74, 6) is -0.575. The Kier molecular flexibility index (Phi) is 4.39. The highest BCUT2D eigenvalue weighted by atomic mass is 16.2. The Bertz CT molecular complexity index is 728. The molecule has 0 aromatic heterocycles. The Hall–Kier alpha value is -2.43. The molecule has 136 valence electrons. The van der Waals surface area contributed by atoms with Crippen molar-refractivity contribution >= 4 is 17.7 Å². The normalized spacial score (nSPS) is 28.7. The Morgan fingerprint density at radius 1 is 1.08 bits per heavy atom. The molecule has 2 aliphatic carbocycles. The number of allylic oxidation sites excluding steroid dienone is 2. The third-order valence-corrected chi connectivity index (χ3v) is 5.92. The molecule has 1 heterocycles. The molecule has 1 aliphatic heterocycles. The third-order valence-electron chi connectivity index (χ3n) is 5.92. The highest BCUT2D eigenvalue weighted by Crippen LogP contribution is 2.52. The zero-order valence-electron chi connectivity index (χ0n) is 15.0. The quantitative estimate of drug-likeness (QED) is 0.583. The van der Waals surface area contributed by atoms with Crippen LogP contribution < -0.4 is 0 Å². The molecule has 3 aliphatic rings. The number of nitrogens with zero attached hydrogens (tertiary/aromatic N) is 2. The van der Waals surface area contributed by atoms with Crippen LogP contribution >= 0.6 is 0 Å². The van der Waals surface area contributed by atoms with E-state index < -0.39 is 0 Å². The summed E-state index contributed by atoms with van der Waals surface area (Å²) in [7, 11) is 0. The first-order valence-electron chi connectivity index (χ1n) is 9.45. The Balaban J connectivity index is 1.46. The van der Waals surface area contributed by atoms with Crippen LogP contribution in [0.5, 0.6) is 0 Å². The summed E-state index contributed by atoms with van der Waals surface area (Å²) >= 11 is 0. The fourth-order valence-electron chi connectivity index (χ4n) is 4.72. The molecule has 1 saturated heterocycles. The van der Waals surface area contributed by atoms with Crippen LogP contribution in [0.3, 0.4) is 0 Å². The number of amides is 3. The predicted molar refractivity (Wildman–Crippen MR) is 96.6 cm³/mol. The average Bonchev–Trinajstić information content (AvgIpc) is 3.32. The molecule has 2 fully saturated rings. The van der Waals surface area contributed by atoms with E-state index in [1.165, 1.54) is 4.90 Å². The van der Waals surface area contributed by atoms with Crippen molar-refractivity contribution in [2.24, 2.45) is 23.7 Å². The second-order valence-corrected chi connectivity index (χ2v) is 7.56. The lowest BCUT2D eigenvalue weighted by Crippen LogP contribution is -2.43. The van der Waals surface area contributed by atoms with Gasteiger partial charge in [-0.15, -0.1) is 0 Å². The maximum atomic E-state index is 12.8. The Labute approximate surface area is 153 Å². The van der Waals surface area contributed by atoms with E-state index in [0.29, 0.717) is 13.1 Å². The molecule has 0 spiro atoms. The summed E-state index contributed by atoms with van der Waals surface area (Å²) in [5.41, 5.74) is 1.05. The van der Waals surface area contributed by atoms with Crippen LogP contribution in [-0.2, 0) is 20.9 Å². The lowest BCUT2D eigenvalue weighted by Gasteiger charge is -2.25. The van der Waals surface area contributed by atoms with Crippen molar-refractivity contribution in [3.63, 3.8) is 0 Å². The van der Waals surface area contributed by atoms with Gasteiger partial charge in [-0.05, 0) is 30.2 Å². The minimum Gasteiger partial charge on any atom is -0.337 e. The average molecular weight is 352 g/mol. The fraction of sp³-hybridized carbons (Fsp3) is 0.476. The number of rotatable bonds is 6. The molecular formula is C21H24N2O3. The number of carbonyl (C=O) groups is 3. The number of likely N-dealkylation sites (tertiary alicyclic amines) is 1. The largest absolute Gasteiger partial charge is 0.337 e. The van der Waals surface area contributed by atoms with Crippen molar-refractivity contribution in [2.75, 3.05) is 13.1 Å². The molecule has 4 unspecified atom stereocenters. The van der Waals surface area contributed by atoms with Crippen molar-refractivity contribution in [2.45, 2.75) is 26.3 Å². The van der Waals surface area contributed by atoms with Gasteiger partial charge in [0, 0.05) is 13.1 Å². The van der Waals surface area contributed by atoms with Crippen LogP contribution in [0.2, 0.25) is 0 Å². The van der Waals surface area contributed by atoms with E-state index >= 15 is 0 Å². The van der Waals surface area contributed by atoms with Crippen molar-refractivity contribution < 1.29 is 14.4 Å². The zero-order valence-corrected chi connectivity index (χ0v) is 15.0. The summed E-state index contributed by atoms with van der Waals surface area (Å²) in [6.45, 7) is 3.01. The molecule has 5 heteroatoms. The topological polar surface area (TPSA) is 57.7 Å². The number of fused-ring (bicyclic) bond motifs is 5. The van der Waals surface area contributed by atoms with Crippen LogP contribution in [0.25, 0.3) is 0 Å². The molecule has 0 N–H and O–H groups in total. The summed E-state index contributed by atoms with van der Waals surface area (Å²) < 4.78 is 0. The van der Waals surface area contributed by atoms with Gasteiger partial charge >= 0.3 is 0 Å². The molecule has 26 heavy (non-hydrogen) atoms. The smallest absolute Gasteiger partial charge is 0.243 e. The van der Waals surface area contributed by atoms with Gasteiger partial charge in [0.25, 0.3) is 0 Å². The summed E-state index contributed by atoms with van der Waals surface area (Å²) in [4.78, 5) is 41.3. The lowest BCUT2D eigenvalue weighted by atomic mass is 9.85. The maximum Gasteiger partial charge on any atom is 0.243 e. The molecule has 5 nitrogen and oxygen atoms in total. The second kappa shape index (κ2) is 6.71. The first kappa shape index (κ1) is 17.0. The van der Waals surface area contributed by atoms with Crippen molar-refractivity contribution in [1.82, 2.24) is 9.80 Å². The van der Waals surface area contributed by atoms with Gasteiger partial charge in [0.2, 0.25) is 17.7 Å². The fourth-order valence-corrected chi connectivity index (χ4v) is 4.72. The summed E-state index contributed by atoms with van der Waals surface area (Å²) in [6, 6.07) is 9.80. The van der Waals surface area contributed by atoms with Crippen molar-refractivity contribution in [1.29, 1.82) is 0 Å². The van der Waals surface area contributed by atoms with E-state index in [0.717, 1.165) is 18.4 Å². The van der Waals surface area contributed by atoms with Crippen LogP contribution in [0.4, 0.5) is 0 Å². The van der Waals surface area contributed by atoms with Gasteiger partial charge in [-0.3, -0.25) is 19.3 Å². The van der Waals surface area contributed by atoms with E-state index in [1.54, 1.807) is 4.90 Å². The number of hydrogen-bond acceptors (Lipinski definition) is 3. The number of imide groups is 1. The van der Waals surface area contributed by atoms with E-state index in [-0.39, 0.29) is 47.9 Å². The van der Waals surface area contributed by atoms with Crippen molar-refractivity contribution in [3.05, 3.63) is 48.0 Å². The number of carbonyl (C=O) groups excluding carboxylic acids is 3. The van der Waals surface area contributed by atoms with Crippen LogP contribution in [-0.4, -0.2) is 40.6 Å². The molecule has 1 aromatic rings. The first-order chi connectivity index (χ1) is 12.6. The molecule has 1 aromatic carbocycles. The molecule has 0 radical (unpaired) electrons. The predicted octanol–water partition coefficient (Wildman–Crippen LogP) is 2.23. The standard InChI is InChI=1S/C21H24N2O3/c1-2-10-22(12-14-6-4-3-5-7-14)17(24)13-23-20(25)18-15-8-9-16(11-15)19(18)21(23)26/h3-9,15-16,18-19H,2,10-13H2,1H3. The SMILES string of the molecule is CCCN(Cc1ccccc1)C(=O)CN1C(=O)C2C3C=CC(C3)C2C1=O. The molecule has 4 rings (SSSR count). The first-order valence-corrected chi connectivity index (χ1v) is 9.45. The second-order valence-electron chi connectivity index (χ2n) is 7.56. The van der Waals surface area contributed by atoms with Crippen LogP contribution in [0.1, 0.15) is 25.3 Å². The molecular weight excluding hydrogens is 328 g/mol. The van der Waals surface area contributed by atoms with Gasteiger partial charge in [-0.1, -0.05) is 49.4 Å². The Morgan fingerprint density at radius 3 is 2.27 bits per heavy atom. The monoisotopic (exact) mass is 352 g/mol. The van der Waals surface area contributed by atoms with Gasteiger partial charge < -0.3 is 4.90 Å². The van der Waals surface area contributed by atoms with Crippen LogP contribution in [0.15, 0.2) is 42.5 Å². The summed E-state index contributed by atoms with van der Waals surface area (Å²) in [5, 5.41) is 0. The van der Waals surface area contributed by atoms with E-state index in [1.807, 2.05) is 37.3 Å². The molecule has 2 bridgehead atoms. The molecule has 1 saturated carbocycles.